The normalized spacial score (nSPS) is 16.7. The Bertz CT molecular complexity index is 288. The first-order valence-corrected chi connectivity index (χ1v) is 6.97. The molecule has 1 fully saturated rings. The standard InChI is InChI=1S/C13H19NS/c1-2-3-12-4-6-13(7-5-12)14-8-10-15-11-9-14/h4-7H,2-3,8-11H2,1H3. The summed E-state index contributed by atoms with van der Waals surface area (Å²) in [6.45, 7) is 4.64. The van der Waals surface area contributed by atoms with Crippen molar-refractivity contribution in [2.24, 2.45) is 0 Å². The number of anilines is 1. The Kier molecular flexibility index (Phi) is 3.95. The smallest absolute Gasteiger partial charge is 0.0366 e. The number of thioether (sulfide) groups is 1. The molecule has 0 atom stereocenters. The van der Waals surface area contributed by atoms with Crippen LogP contribution in [0.15, 0.2) is 24.3 Å². The van der Waals surface area contributed by atoms with E-state index in [2.05, 4.69) is 47.9 Å². The van der Waals surface area contributed by atoms with Crippen molar-refractivity contribution in [2.45, 2.75) is 19.8 Å². The summed E-state index contributed by atoms with van der Waals surface area (Å²) in [4.78, 5) is 2.49. The third-order valence-electron chi connectivity index (χ3n) is 2.85. The molecule has 1 saturated heterocycles. The van der Waals surface area contributed by atoms with Gasteiger partial charge in [-0.2, -0.15) is 11.8 Å². The van der Waals surface area contributed by atoms with Crippen LogP contribution in [-0.4, -0.2) is 24.6 Å². The van der Waals surface area contributed by atoms with Crippen molar-refractivity contribution in [2.75, 3.05) is 29.5 Å². The Morgan fingerprint density at radius 3 is 2.40 bits per heavy atom. The molecular weight excluding hydrogens is 202 g/mol. The van der Waals surface area contributed by atoms with E-state index in [-0.39, 0.29) is 0 Å². The van der Waals surface area contributed by atoms with E-state index in [1.54, 1.807) is 0 Å². The van der Waals surface area contributed by atoms with Gasteiger partial charge in [0.1, 0.15) is 0 Å². The molecule has 15 heavy (non-hydrogen) atoms. The third kappa shape index (κ3) is 2.91. The van der Waals surface area contributed by atoms with Gasteiger partial charge in [0.05, 0.1) is 0 Å². The molecule has 1 aromatic carbocycles. The summed E-state index contributed by atoms with van der Waals surface area (Å²) in [5, 5.41) is 0. The van der Waals surface area contributed by atoms with Crippen LogP contribution in [0, 0.1) is 0 Å². The average molecular weight is 221 g/mol. The van der Waals surface area contributed by atoms with Gasteiger partial charge in [0.25, 0.3) is 0 Å². The van der Waals surface area contributed by atoms with E-state index >= 15 is 0 Å². The SMILES string of the molecule is CCCc1ccc(N2CCSCC2)cc1. The highest BCUT2D eigenvalue weighted by Gasteiger charge is 2.10. The number of hydrogen-bond donors (Lipinski definition) is 0. The summed E-state index contributed by atoms with van der Waals surface area (Å²) in [5.74, 6) is 2.55. The zero-order valence-corrected chi connectivity index (χ0v) is 10.2. The summed E-state index contributed by atoms with van der Waals surface area (Å²) in [5.41, 5.74) is 2.86. The summed E-state index contributed by atoms with van der Waals surface area (Å²) in [7, 11) is 0. The van der Waals surface area contributed by atoms with Gasteiger partial charge in [-0.05, 0) is 24.1 Å². The van der Waals surface area contributed by atoms with Crippen LogP contribution in [0.1, 0.15) is 18.9 Å². The largest absolute Gasteiger partial charge is 0.370 e. The van der Waals surface area contributed by atoms with Gasteiger partial charge >= 0.3 is 0 Å². The third-order valence-corrected chi connectivity index (χ3v) is 3.79. The van der Waals surface area contributed by atoms with Crippen molar-refractivity contribution in [3.8, 4) is 0 Å². The highest BCUT2D eigenvalue weighted by Crippen LogP contribution is 2.20. The Hall–Kier alpha value is -0.630. The molecule has 0 saturated carbocycles. The van der Waals surface area contributed by atoms with Crippen LogP contribution in [-0.2, 0) is 6.42 Å². The van der Waals surface area contributed by atoms with Crippen LogP contribution in [0.5, 0.6) is 0 Å². The van der Waals surface area contributed by atoms with Crippen molar-refractivity contribution >= 4 is 17.4 Å². The minimum atomic E-state index is 1.20. The summed E-state index contributed by atoms with van der Waals surface area (Å²) in [6, 6.07) is 9.11. The van der Waals surface area contributed by atoms with Crippen LogP contribution < -0.4 is 4.90 Å². The molecule has 82 valence electrons. The van der Waals surface area contributed by atoms with Crippen molar-refractivity contribution < 1.29 is 0 Å². The molecule has 1 heterocycles. The van der Waals surface area contributed by atoms with Crippen molar-refractivity contribution in [3.63, 3.8) is 0 Å². The van der Waals surface area contributed by atoms with E-state index in [1.807, 2.05) is 0 Å². The van der Waals surface area contributed by atoms with Gasteiger partial charge in [0.2, 0.25) is 0 Å². The predicted octanol–water partition coefficient (Wildman–Crippen LogP) is 3.19. The molecular formula is C13H19NS. The van der Waals surface area contributed by atoms with Crippen LogP contribution in [0.3, 0.4) is 0 Å². The molecule has 2 rings (SSSR count). The fraction of sp³-hybridized carbons (Fsp3) is 0.538. The van der Waals surface area contributed by atoms with Crippen LogP contribution >= 0.6 is 11.8 Å². The van der Waals surface area contributed by atoms with Crippen LogP contribution in [0.2, 0.25) is 0 Å². The van der Waals surface area contributed by atoms with Crippen molar-refractivity contribution in [1.82, 2.24) is 0 Å². The maximum absolute atomic E-state index is 2.49. The first-order valence-electron chi connectivity index (χ1n) is 5.82. The Balaban J connectivity index is 2.02. The van der Waals surface area contributed by atoms with Crippen LogP contribution in [0.4, 0.5) is 5.69 Å². The Morgan fingerprint density at radius 1 is 1.13 bits per heavy atom. The molecule has 0 bridgehead atoms. The number of aryl methyl sites for hydroxylation is 1. The fourth-order valence-corrected chi connectivity index (χ4v) is 2.89. The van der Waals surface area contributed by atoms with E-state index in [4.69, 9.17) is 0 Å². The molecule has 1 aliphatic rings. The van der Waals surface area contributed by atoms with Gasteiger partial charge in [-0.25, -0.2) is 0 Å². The second-order valence-electron chi connectivity index (χ2n) is 4.02. The molecule has 0 aromatic heterocycles. The molecule has 0 spiro atoms. The molecule has 1 aromatic rings. The van der Waals surface area contributed by atoms with Gasteiger partial charge in [-0.15, -0.1) is 0 Å². The van der Waals surface area contributed by atoms with E-state index in [0.29, 0.717) is 0 Å². The minimum Gasteiger partial charge on any atom is -0.370 e. The van der Waals surface area contributed by atoms with E-state index in [0.717, 1.165) is 0 Å². The van der Waals surface area contributed by atoms with Crippen molar-refractivity contribution in [1.29, 1.82) is 0 Å². The van der Waals surface area contributed by atoms with E-state index < -0.39 is 0 Å². The topological polar surface area (TPSA) is 3.24 Å². The highest BCUT2D eigenvalue weighted by atomic mass is 32.2. The van der Waals surface area contributed by atoms with Gasteiger partial charge in [-0.3, -0.25) is 0 Å². The molecule has 1 aliphatic heterocycles. The maximum atomic E-state index is 2.49. The second-order valence-corrected chi connectivity index (χ2v) is 5.24. The molecule has 0 radical (unpaired) electrons. The molecule has 0 aliphatic carbocycles. The van der Waals surface area contributed by atoms with Crippen molar-refractivity contribution in [3.05, 3.63) is 29.8 Å². The fourth-order valence-electron chi connectivity index (χ4n) is 1.98. The number of nitrogens with zero attached hydrogens (tertiary/aromatic N) is 1. The lowest BCUT2D eigenvalue weighted by atomic mass is 10.1. The zero-order valence-electron chi connectivity index (χ0n) is 9.41. The Morgan fingerprint density at radius 2 is 1.80 bits per heavy atom. The van der Waals surface area contributed by atoms with Gasteiger partial charge in [-0.1, -0.05) is 25.5 Å². The van der Waals surface area contributed by atoms with Gasteiger partial charge in [0.15, 0.2) is 0 Å². The molecule has 2 heteroatoms. The molecule has 0 unspecified atom stereocenters. The lowest BCUT2D eigenvalue weighted by Crippen LogP contribution is -2.32. The molecule has 0 N–H and O–H groups in total. The number of hydrogen-bond acceptors (Lipinski definition) is 2. The number of benzene rings is 1. The molecule has 1 nitrogen and oxygen atoms in total. The Labute approximate surface area is 96.9 Å². The summed E-state index contributed by atoms with van der Waals surface area (Å²) in [6.07, 6.45) is 2.44. The van der Waals surface area contributed by atoms with Gasteiger partial charge in [0, 0.05) is 30.3 Å². The summed E-state index contributed by atoms with van der Waals surface area (Å²) < 4.78 is 0. The second kappa shape index (κ2) is 5.45. The first kappa shape index (κ1) is 10.9. The first-order chi connectivity index (χ1) is 7.40. The maximum Gasteiger partial charge on any atom is 0.0366 e. The lowest BCUT2D eigenvalue weighted by Gasteiger charge is -2.28. The summed E-state index contributed by atoms with van der Waals surface area (Å²) >= 11 is 2.06. The van der Waals surface area contributed by atoms with Gasteiger partial charge < -0.3 is 4.90 Å². The average Bonchev–Trinajstić information content (AvgIpc) is 2.32. The lowest BCUT2D eigenvalue weighted by molar-refractivity contribution is 0.856. The minimum absolute atomic E-state index is 1.20. The van der Waals surface area contributed by atoms with Crippen LogP contribution in [0.25, 0.3) is 0 Å². The quantitative estimate of drug-likeness (QED) is 0.771. The monoisotopic (exact) mass is 221 g/mol. The zero-order chi connectivity index (χ0) is 10.5. The highest BCUT2D eigenvalue weighted by molar-refractivity contribution is 7.99. The van der Waals surface area contributed by atoms with E-state index in [1.165, 1.54) is 48.7 Å². The number of rotatable bonds is 3. The van der Waals surface area contributed by atoms with E-state index in [9.17, 15) is 0 Å². The predicted molar refractivity (Wildman–Crippen MR) is 70.0 cm³/mol. The molecule has 0 amide bonds.